The Labute approximate surface area is 126 Å². The molecule has 0 aliphatic carbocycles. The van der Waals surface area contributed by atoms with Gasteiger partial charge in [0.2, 0.25) is 0 Å². The molecule has 1 atom stereocenters. The molecule has 2 rings (SSSR count). The minimum absolute atomic E-state index is 0.316. The fourth-order valence-corrected chi connectivity index (χ4v) is 2.08. The molecule has 0 heterocycles. The fraction of sp³-hybridized carbons (Fsp3) is 0.333. The molecule has 2 aromatic carbocycles. The third-order valence-electron chi connectivity index (χ3n) is 3.39. The maximum atomic E-state index is 5.54. The molecule has 0 aromatic heterocycles. The Morgan fingerprint density at radius 1 is 0.952 bits per heavy atom. The van der Waals surface area contributed by atoms with Crippen LogP contribution in [0, 0.1) is 0 Å². The van der Waals surface area contributed by atoms with Crippen LogP contribution in [0.15, 0.2) is 54.6 Å². The molecule has 0 spiro atoms. The highest BCUT2D eigenvalue weighted by molar-refractivity contribution is 5.27. The minimum Gasteiger partial charge on any atom is -0.497 e. The number of aryl methyl sites for hydroxylation is 1. The summed E-state index contributed by atoms with van der Waals surface area (Å²) in [7, 11) is 1.69. The van der Waals surface area contributed by atoms with E-state index in [4.69, 9.17) is 9.57 Å². The lowest BCUT2D eigenvalue weighted by Gasteiger charge is -2.14. The van der Waals surface area contributed by atoms with Crippen molar-refractivity contribution in [1.29, 1.82) is 0 Å². The van der Waals surface area contributed by atoms with E-state index in [-0.39, 0.29) is 0 Å². The smallest absolute Gasteiger partial charge is 0.118 e. The minimum atomic E-state index is 0.316. The number of nitrogens with one attached hydrogen (secondary N) is 1. The van der Waals surface area contributed by atoms with Gasteiger partial charge in [-0.15, -0.1) is 0 Å². The van der Waals surface area contributed by atoms with E-state index in [0.29, 0.717) is 12.6 Å². The second-order valence-corrected chi connectivity index (χ2v) is 5.18. The van der Waals surface area contributed by atoms with Crippen molar-refractivity contribution in [2.45, 2.75) is 32.4 Å². The monoisotopic (exact) mass is 285 g/mol. The SMILES string of the molecule is COc1ccc(CCC(C)NOCc2ccccc2)cc1. The van der Waals surface area contributed by atoms with Gasteiger partial charge in [-0.25, -0.2) is 0 Å². The van der Waals surface area contributed by atoms with E-state index < -0.39 is 0 Å². The van der Waals surface area contributed by atoms with Crippen LogP contribution in [0.2, 0.25) is 0 Å². The van der Waals surface area contributed by atoms with E-state index in [1.54, 1.807) is 7.11 Å². The Morgan fingerprint density at radius 3 is 2.33 bits per heavy atom. The van der Waals surface area contributed by atoms with Crippen LogP contribution in [0.3, 0.4) is 0 Å². The highest BCUT2D eigenvalue weighted by atomic mass is 16.6. The van der Waals surface area contributed by atoms with Crippen LogP contribution in [-0.2, 0) is 17.9 Å². The number of hydrogen-bond donors (Lipinski definition) is 1. The van der Waals surface area contributed by atoms with E-state index in [1.807, 2.05) is 30.3 Å². The lowest BCUT2D eigenvalue weighted by Crippen LogP contribution is -2.26. The molecule has 21 heavy (non-hydrogen) atoms. The van der Waals surface area contributed by atoms with Gasteiger partial charge >= 0.3 is 0 Å². The summed E-state index contributed by atoms with van der Waals surface area (Å²) < 4.78 is 5.16. The Morgan fingerprint density at radius 2 is 1.67 bits per heavy atom. The topological polar surface area (TPSA) is 30.5 Å². The van der Waals surface area contributed by atoms with Crippen LogP contribution >= 0.6 is 0 Å². The van der Waals surface area contributed by atoms with Crippen molar-refractivity contribution in [3.05, 3.63) is 65.7 Å². The molecule has 2 aromatic rings. The third kappa shape index (κ3) is 5.58. The summed E-state index contributed by atoms with van der Waals surface area (Å²) in [5, 5.41) is 0. The van der Waals surface area contributed by atoms with Gasteiger partial charge in [0.25, 0.3) is 0 Å². The molecule has 3 heteroatoms. The number of hydroxylamine groups is 1. The average Bonchev–Trinajstić information content (AvgIpc) is 2.54. The molecular weight excluding hydrogens is 262 g/mol. The molecule has 0 fully saturated rings. The van der Waals surface area contributed by atoms with Crippen molar-refractivity contribution in [1.82, 2.24) is 5.48 Å². The summed E-state index contributed by atoms with van der Waals surface area (Å²) in [6, 6.07) is 18.7. The van der Waals surface area contributed by atoms with Crippen molar-refractivity contribution < 1.29 is 9.57 Å². The van der Waals surface area contributed by atoms with Gasteiger partial charge in [-0.2, -0.15) is 5.48 Å². The second kappa shape index (κ2) is 8.45. The summed E-state index contributed by atoms with van der Waals surface area (Å²) in [5.74, 6) is 0.899. The molecule has 0 saturated carbocycles. The van der Waals surface area contributed by atoms with Gasteiger partial charge in [-0.1, -0.05) is 42.5 Å². The van der Waals surface area contributed by atoms with Crippen LogP contribution in [-0.4, -0.2) is 13.2 Å². The predicted molar refractivity (Wildman–Crippen MR) is 85.1 cm³/mol. The molecule has 0 aliphatic heterocycles. The molecule has 0 saturated heterocycles. The number of benzene rings is 2. The van der Waals surface area contributed by atoms with Crippen LogP contribution in [0.1, 0.15) is 24.5 Å². The van der Waals surface area contributed by atoms with Crippen LogP contribution in [0.4, 0.5) is 0 Å². The first-order valence-electron chi connectivity index (χ1n) is 7.32. The zero-order valence-electron chi connectivity index (χ0n) is 12.7. The van der Waals surface area contributed by atoms with Crippen LogP contribution in [0.5, 0.6) is 5.75 Å². The summed E-state index contributed by atoms with van der Waals surface area (Å²) in [6.07, 6.45) is 2.05. The maximum Gasteiger partial charge on any atom is 0.118 e. The zero-order valence-corrected chi connectivity index (χ0v) is 12.7. The van der Waals surface area contributed by atoms with Gasteiger partial charge in [0, 0.05) is 6.04 Å². The maximum absolute atomic E-state index is 5.54. The molecule has 0 amide bonds. The summed E-state index contributed by atoms with van der Waals surface area (Å²) >= 11 is 0. The van der Waals surface area contributed by atoms with Crippen molar-refractivity contribution in [3.63, 3.8) is 0 Å². The summed E-state index contributed by atoms with van der Waals surface area (Å²) in [6.45, 7) is 2.72. The third-order valence-corrected chi connectivity index (χ3v) is 3.39. The quantitative estimate of drug-likeness (QED) is 0.750. The normalized spacial score (nSPS) is 12.1. The average molecular weight is 285 g/mol. The first-order chi connectivity index (χ1) is 10.3. The van der Waals surface area contributed by atoms with Gasteiger partial charge in [0.15, 0.2) is 0 Å². The van der Waals surface area contributed by atoms with Crippen molar-refractivity contribution in [2.75, 3.05) is 7.11 Å². The highest BCUT2D eigenvalue weighted by Gasteiger charge is 2.03. The van der Waals surface area contributed by atoms with Gasteiger partial charge < -0.3 is 4.74 Å². The largest absolute Gasteiger partial charge is 0.497 e. The number of hydrogen-bond acceptors (Lipinski definition) is 3. The molecule has 0 aliphatic rings. The fourth-order valence-electron chi connectivity index (χ4n) is 2.08. The predicted octanol–water partition coefficient (Wildman–Crippen LogP) is 3.74. The number of methoxy groups -OCH3 is 1. The van der Waals surface area contributed by atoms with Crippen LogP contribution in [0.25, 0.3) is 0 Å². The van der Waals surface area contributed by atoms with Crippen molar-refractivity contribution in [2.24, 2.45) is 0 Å². The van der Waals surface area contributed by atoms with Gasteiger partial charge in [-0.05, 0) is 43.0 Å². The van der Waals surface area contributed by atoms with E-state index >= 15 is 0 Å². The second-order valence-electron chi connectivity index (χ2n) is 5.18. The number of ether oxygens (including phenoxy) is 1. The van der Waals surface area contributed by atoms with Crippen molar-refractivity contribution >= 4 is 0 Å². The van der Waals surface area contributed by atoms with E-state index in [0.717, 1.165) is 18.6 Å². The zero-order chi connectivity index (χ0) is 14.9. The van der Waals surface area contributed by atoms with Gasteiger partial charge in [-0.3, -0.25) is 4.84 Å². The molecule has 3 nitrogen and oxygen atoms in total. The Balaban J connectivity index is 1.66. The molecule has 1 unspecified atom stereocenters. The Hall–Kier alpha value is -1.84. The van der Waals surface area contributed by atoms with Gasteiger partial charge in [0.1, 0.15) is 5.75 Å². The van der Waals surface area contributed by atoms with Gasteiger partial charge in [0.05, 0.1) is 13.7 Å². The Kier molecular flexibility index (Phi) is 6.25. The summed E-state index contributed by atoms with van der Waals surface area (Å²) in [4.78, 5) is 5.54. The molecule has 0 radical (unpaired) electrons. The molecule has 112 valence electrons. The van der Waals surface area contributed by atoms with Crippen molar-refractivity contribution in [3.8, 4) is 5.75 Å². The molecular formula is C18H23NO2. The number of rotatable bonds is 8. The van der Waals surface area contributed by atoms with E-state index in [2.05, 4.69) is 36.7 Å². The van der Waals surface area contributed by atoms with E-state index in [1.165, 1.54) is 11.1 Å². The standard InChI is InChI=1S/C18H23NO2/c1-15(19-21-14-17-6-4-3-5-7-17)8-9-16-10-12-18(20-2)13-11-16/h3-7,10-13,15,19H,8-9,14H2,1-2H3. The summed E-state index contributed by atoms with van der Waals surface area (Å²) in [5.41, 5.74) is 5.59. The van der Waals surface area contributed by atoms with Crippen LogP contribution < -0.4 is 10.2 Å². The lowest BCUT2D eigenvalue weighted by molar-refractivity contribution is 0.00588. The first kappa shape index (κ1) is 15.5. The molecule has 1 N–H and O–H groups in total. The highest BCUT2D eigenvalue weighted by Crippen LogP contribution is 2.13. The van der Waals surface area contributed by atoms with E-state index in [9.17, 15) is 0 Å². The lowest BCUT2D eigenvalue weighted by atomic mass is 10.1. The molecule has 0 bridgehead atoms. The Bertz CT molecular complexity index is 511. The first-order valence-corrected chi connectivity index (χ1v) is 7.32.